The van der Waals surface area contributed by atoms with Crippen molar-refractivity contribution in [2.45, 2.75) is 19.9 Å². The van der Waals surface area contributed by atoms with E-state index < -0.39 is 5.97 Å². The van der Waals surface area contributed by atoms with Crippen molar-refractivity contribution in [2.75, 3.05) is 13.2 Å². The summed E-state index contributed by atoms with van der Waals surface area (Å²) in [5, 5.41) is 19.6. The molecule has 1 aromatic carbocycles. The van der Waals surface area contributed by atoms with Crippen LogP contribution in [0.4, 0.5) is 0 Å². The predicted molar refractivity (Wildman–Crippen MR) is 110 cm³/mol. The number of nitrogens with zero attached hydrogens (tertiary/aromatic N) is 3. The van der Waals surface area contributed by atoms with E-state index in [1.807, 2.05) is 0 Å². The number of imidazole rings is 1. The minimum atomic E-state index is -1.09. The van der Waals surface area contributed by atoms with E-state index >= 15 is 0 Å². The molecule has 0 fully saturated rings. The molecule has 0 saturated carbocycles. The lowest BCUT2D eigenvalue weighted by Crippen LogP contribution is -2.12. The molecule has 0 aliphatic carbocycles. The maximum atomic E-state index is 11.9. The molecule has 2 heterocycles. The van der Waals surface area contributed by atoms with E-state index in [2.05, 4.69) is 9.97 Å². The summed E-state index contributed by atoms with van der Waals surface area (Å²) in [6, 6.07) is 6.76. The largest absolute Gasteiger partial charge is 0.492 e. The smallest absolute Gasteiger partial charge is 0.354 e. The quantitative estimate of drug-likeness (QED) is 0.517. The number of carboxylic acids is 1. The molecule has 0 atom stereocenters. The van der Waals surface area contributed by atoms with E-state index in [1.165, 1.54) is 0 Å². The summed E-state index contributed by atoms with van der Waals surface area (Å²) in [6.07, 6.45) is 3.63. The summed E-state index contributed by atoms with van der Waals surface area (Å²) in [4.78, 5) is 20.5. The van der Waals surface area contributed by atoms with Gasteiger partial charge in [-0.25, -0.2) is 9.78 Å². The number of aliphatic hydroxyl groups excluding tert-OH is 1. The van der Waals surface area contributed by atoms with Gasteiger partial charge in [-0.3, -0.25) is 4.98 Å². The van der Waals surface area contributed by atoms with Crippen LogP contribution in [0.25, 0.3) is 11.4 Å². The Morgan fingerprint density at radius 2 is 2.03 bits per heavy atom. The number of carbonyl (C=O) groups is 1. The molecule has 3 rings (SSSR count). The second-order valence-corrected chi connectivity index (χ2v) is 7.18. The molecule has 0 radical (unpaired) electrons. The van der Waals surface area contributed by atoms with Crippen LogP contribution in [0.15, 0.2) is 36.7 Å². The average molecular weight is 436 g/mol. The van der Waals surface area contributed by atoms with Crippen LogP contribution < -0.4 is 4.74 Å². The highest BCUT2D eigenvalue weighted by molar-refractivity contribution is 6.33. The molecule has 7 nitrogen and oxygen atoms in total. The second kappa shape index (κ2) is 9.26. The van der Waals surface area contributed by atoms with Crippen LogP contribution in [-0.2, 0) is 6.54 Å². The molecule has 0 bridgehead atoms. The zero-order valence-corrected chi connectivity index (χ0v) is 17.1. The maximum absolute atomic E-state index is 11.9. The number of rotatable bonds is 8. The molecule has 2 N–H and O–H groups in total. The first-order valence-electron chi connectivity index (χ1n) is 8.84. The molecule has 0 aliphatic heterocycles. The van der Waals surface area contributed by atoms with Crippen molar-refractivity contribution in [3.8, 4) is 17.1 Å². The Hall–Kier alpha value is -2.61. The fourth-order valence-corrected chi connectivity index (χ4v) is 3.30. The van der Waals surface area contributed by atoms with Crippen LogP contribution in [0.2, 0.25) is 10.0 Å². The van der Waals surface area contributed by atoms with Crippen LogP contribution in [0.3, 0.4) is 0 Å². The van der Waals surface area contributed by atoms with Gasteiger partial charge in [0.25, 0.3) is 0 Å². The molecule has 0 saturated heterocycles. The Kier molecular flexibility index (Phi) is 6.74. The average Bonchev–Trinajstić information content (AvgIpc) is 3.01. The Bertz CT molecular complexity index is 1040. The van der Waals surface area contributed by atoms with Crippen LogP contribution in [0, 0.1) is 6.92 Å². The number of halogens is 2. The number of aliphatic hydroxyl groups is 1. The molecule has 0 amide bonds. The van der Waals surface area contributed by atoms with Gasteiger partial charge in [-0.1, -0.05) is 23.2 Å². The van der Waals surface area contributed by atoms with Gasteiger partial charge in [0.2, 0.25) is 0 Å². The number of aromatic nitrogens is 3. The van der Waals surface area contributed by atoms with Crippen molar-refractivity contribution in [2.24, 2.45) is 0 Å². The first-order chi connectivity index (χ1) is 13.9. The molecule has 152 valence electrons. The number of aryl methyl sites for hydroxylation is 1. The van der Waals surface area contributed by atoms with Gasteiger partial charge >= 0.3 is 5.97 Å². The number of hydrogen-bond donors (Lipinski definition) is 2. The summed E-state index contributed by atoms with van der Waals surface area (Å²) in [5.41, 5.74) is 1.70. The standard InChI is InChI=1S/C20H19Cl2N3O4/c1-12-18(20(27)28)25(11-14-7-15(21)3-4-17(14)22)19(24-12)13-8-16(10-23-9-13)29-6-2-5-26/h3-4,7-10,26H,2,5-6,11H2,1H3,(H,27,28). The first-order valence-corrected chi connectivity index (χ1v) is 9.59. The van der Waals surface area contributed by atoms with Gasteiger partial charge < -0.3 is 19.5 Å². The lowest BCUT2D eigenvalue weighted by atomic mass is 10.2. The zero-order chi connectivity index (χ0) is 21.0. The van der Waals surface area contributed by atoms with Crippen molar-refractivity contribution in [1.82, 2.24) is 14.5 Å². The summed E-state index contributed by atoms with van der Waals surface area (Å²) in [5.74, 6) is -0.167. The Labute approximate surface area is 177 Å². The van der Waals surface area contributed by atoms with Gasteiger partial charge in [0.15, 0.2) is 5.69 Å². The fourth-order valence-electron chi connectivity index (χ4n) is 2.93. The lowest BCUT2D eigenvalue weighted by molar-refractivity contribution is 0.0685. The number of aromatic carboxylic acids is 1. The van der Waals surface area contributed by atoms with Gasteiger partial charge in [0, 0.05) is 34.8 Å². The third-order valence-corrected chi connectivity index (χ3v) is 4.83. The summed E-state index contributed by atoms with van der Waals surface area (Å²) >= 11 is 12.4. The molecular formula is C20H19Cl2N3O4. The Morgan fingerprint density at radius 1 is 1.24 bits per heavy atom. The van der Waals surface area contributed by atoms with Crippen molar-refractivity contribution in [3.05, 3.63) is 63.7 Å². The number of pyridine rings is 1. The minimum Gasteiger partial charge on any atom is -0.492 e. The highest BCUT2D eigenvalue weighted by atomic mass is 35.5. The molecule has 9 heteroatoms. The molecule has 29 heavy (non-hydrogen) atoms. The van der Waals surface area contributed by atoms with Crippen molar-refractivity contribution in [3.63, 3.8) is 0 Å². The van der Waals surface area contributed by atoms with Crippen molar-refractivity contribution >= 4 is 29.2 Å². The molecule has 3 aromatic rings. The first kappa shape index (κ1) is 21.1. The third kappa shape index (κ3) is 4.87. The van der Waals surface area contributed by atoms with Gasteiger partial charge in [-0.2, -0.15) is 0 Å². The highest BCUT2D eigenvalue weighted by Crippen LogP contribution is 2.28. The van der Waals surface area contributed by atoms with E-state index in [-0.39, 0.29) is 18.8 Å². The van der Waals surface area contributed by atoms with Crippen molar-refractivity contribution in [1.29, 1.82) is 0 Å². The van der Waals surface area contributed by atoms with E-state index in [1.54, 1.807) is 48.1 Å². The lowest BCUT2D eigenvalue weighted by Gasteiger charge is -2.13. The monoisotopic (exact) mass is 435 g/mol. The van der Waals surface area contributed by atoms with Gasteiger partial charge in [0.1, 0.15) is 11.6 Å². The normalized spacial score (nSPS) is 10.9. The second-order valence-electron chi connectivity index (χ2n) is 6.33. The Morgan fingerprint density at radius 3 is 2.76 bits per heavy atom. The summed E-state index contributed by atoms with van der Waals surface area (Å²) < 4.78 is 7.14. The SMILES string of the molecule is Cc1nc(-c2cncc(OCCCO)c2)n(Cc2cc(Cl)ccc2Cl)c1C(=O)O. The number of ether oxygens (including phenoxy) is 1. The van der Waals surface area contributed by atoms with Gasteiger partial charge in [-0.15, -0.1) is 0 Å². The predicted octanol–water partition coefficient (Wildman–Crippen LogP) is 4.07. The number of carboxylic acid groups (broad SMARTS) is 1. The number of benzene rings is 1. The van der Waals surface area contributed by atoms with Crippen LogP contribution in [0.1, 0.15) is 28.2 Å². The molecule has 0 spiro atoms. The third-order valence-electron chi connectivity index (χ3n) is 4.22. The van der Waals surface area contributed by atoms with Gasteiger partial charge in [-0.05, 0) is 36.8 Å². The van der Waals surface area contributed by atoms with Gasteiger partial charge in [0.05, 0.1) is 25.0 Å². The summed E-state index contributed by atoms with van der Waals surface area (Å²) in [7, 11) is 0. The highest BCUT2D eigenvalue weighted by Gasteiger charge is 2.22. The van der Waals surface area contributed by atoms with Crippen molar-refractivity contribution < 1.29 is 19.7 Å². The minimum absolute atomic E-state index is 0.0269. The molecule has 0 aliphatic rings. The molecular weight excluding hydrogens is 417 g/mol. The topological polar surface area (TPSA) is 97.5 Å². The molecule has 0 unspecified atom stereocenters. The Balaban J connectivity index is 2.06. The molecule has 2 aromatic heterocycles. The fraction of sp³-hybridized carbons (Fsp3) is 0.250. The van der Waals surface area contributed by atoms with E-state index in [0.717, 1.165) is 0 Å². The summed E-state index contributed by atoms with van der Waals surface area (Å²) in [6.45, 7) is 2.18. The van der Waals surface area contributed by atoms with E-state index in [0.29, 0.717) is 51.5 Å². The van der Waals surface area contributed by atoms with E-state index in [4.69, 9.17) is 33.0 Å². The van der Waals surface area contributed by atoms with Crippen LogP contribution >= 0.6 is 23.2 Å². The zero-order valence-electron chi connectivity index (χ0n) is 15.6. The maximum Gasteiger partial charge on any atom is 0.354 e. The number of hydrogen-bond acceptors (Lipinski definition) is 5. The van der Waals surface area contributed by atoms with Crippen LogP contribution in [0.5, 0.6) is 5.75 Å². The van der Waals surface area contributed by atoms with E-state index in [9.17, 15) is 9.90 Å². The van der Waals surface area contributed by atoms with Crippen LogP contribution in [-0.4, -0.2) is 43.9 Å².